The number of amides is 2. The summed E-state index contributed by atoms with van der Waals surface area (Å²) in [6.07, 6.45) is 9.86. The first-order valence-electron chi connectivity index (χ1n) is 10.2. The van der Waals surface area contributed by atoms with Gasteiger partial charge in [0.2, 0.25) is 5.91 Å². The van der Waals surface area contributed by atoms with E-state index in [0.717, 1.165) is 63.7 Å². The minimum Gasteiger partial charge on any atom is -0.368 e. The SMILES string of the molecule is O=C1CCC2(CCN(C(=O)[C@@H]3CCCCO3)CC2)CN1Cc1cccnc1. The molecule has 0 N–H and O–H groups in total. The van der Waals surface area contributed by atoms with Crippen molar-refractivity contribution in [2.75, 3.05) is 26.2 Å². The lowest BCUT2D eigenvalue weighted by Gasteiger charge is -2.48. The van der Waals surface area contributed by atoms with Crippen LogP contribution in [0.25, 0.3) is 0 Å². The smallest absolute Gasteiger partial charge is 0.251 e. The van der Waals surface area contributed by atoms with Gasteiger partial charge in [-0.15, -0.1) is 0 Å². The Morgan fingerprint density at radius 2 is 2.11 bits per heavy atom. The zero-order valence-electron chi connectivity index (χ0n) is 15.9. The van der Waals surface area contributed by atoms with Crippen molar-refractivity contribution in [3.63, 3.8) is 0 Å². The van der Waals surface area contributed by atoms with E-state index in [1.807, 2.05) is 28.1 Å². The molecule has 0 radical (unpaired) electrons. The number of aromatic nitrogens is 1. The van der Waals surface area contributed by atoms with Crippen LogP contribution in [0, 0.1) is 5.41 Å². The molecule has 27 heavy (non-hydrogen) atoms. The van der Waals surface area contributed by atoms with Crippen molar-refractivity contribution in [2.24, 2.45) is 5.41 Å². The third-order valence-corrected chi connectivity index (χ3v) is 6.44. The summed E-state index contributed by atoms with van der Waals surface area (Å²) >= 11 is 0. The largest absolute Gasteiger partial charge is 0.368 e. The van der Waals surface area contributed by atoms with Crippen LogP contribution < -0.4 is 0 Å². The van der Waals surface area contributed by atoms with Crippen LogP contribution in [-0.4, -0.2) is 58.9 Å². The molecule has 3 saturated heterocycles. The van der Waals surface area contributed by atoms with Gasteiger partial charge in [0.15, 0.2) is 0 Å². The van der Waals surface area contributed by atoms with Gasteiger partial charge in [0, 0.05) is 51.6 Å². The third-order valence-electron chi connectivity index (χ3n) is 6.44. The summed E-state index contributed by atoms with van der Waals surface area (Å²) in [5.41, 5.74) is 1.23. The molecule has 0 aliphatic carbocycles. The molecule has 1 aromatic heterocycles. The molecule has 146 valence electrons. The lowest BCUT2D eigenvalue weighted by Crippen LogP contribution is -2.53. The molecule has 0 saturated carbocycles. The van der Waals surface area contributed by atoms with Gasteiger partial charge in [-0.3, -0.25) is 14.6 Å². The Hall–Kier alpha value is -1.95. The standard InChI is InChI=1S/C21H29N3O3/c25-19-6-7-21(16-24(19)15-17-4-3-10-22-14-17)8-11-23(12-9-21)20(26)18-5-1-2-13-27-18/h3-4,10,14,18H,1-2,5-9,11-13,15-16H2/t18-/m0/s1. The topological polar surface area (TPSA) is 62.7 Å². The molecule has 6 heteroatoms. The number of hydrogen-bond donors (Lipinski definition) is 0. The van der Waals surface area contributed by atoms with E-state index in [2.05, 4.69) is 4.98 Å². The summed E-state index contributed by atoms with van der Waals surface area (Å²) in [6, 6.07) is 3.93. The van der Waals surface area contributed by atoms with E-state index >= 15 is 0 Å². The summed E-state index contributed by atoms with van der Waals surface area (Å²) in [5.74, 6) is 0.405. The Labute approximate surface area is 160 Å². The van der Waals surface area contributed by atoms with Crippen LogP contribution in [0.1, 0.15) is 50.5 Å². The van der Waals surface area contributed by atoms with Gasteiger partial charge >= 0.3 is 0 Å². The number of carbonyl (C=O) groups excluding carboxylic acids is 2. The number of hydrogen-bond acceptors (Lipinski definition) is 4. The second-order valence-electron chi connectivity index (χ2n) is 8.29. The predicted octanol–water partition coefficient (Wildman–Crippen LogP) is 2.38. The highest BCUT2D eigenvalue weighted by Gasteiger charge is 2.42. The lowest BCUT2D eigenvalue weighted by molar-refractivity contribution is -0.151. The first-order valence-corrected chi connectivity index (χ1v) is 10.2. The number of ether oxygens (including phenoxy) is 1. The van der Waals surface area contributed by atoms with Gasteiger partial charge < -0.3 is 14.5 Å². The zero-order chi connectivity index (χ0) is 18.7. The number of rotatable bonds is 3. The van der Waals surface area contributed by atoms with E-state index in [1.54, 1.807) is 6.20 Å². The van der Waals surface area contributed by atoms with Gasteiger partial charge in [-0.2, -0.15) is 0 Å². The molecule has 6 nitrogen and oxygen atoms in total. The number of piperidine rings is 2. The van der Waals surface area contributed by atoms with E-state index in [1.165, 1.54) is 0 Å². The number of likely N-dealkylation sites (tertiary alicyclic amines) is 2. The van der Waals surface area contributed by atoms with Crippen LogP contribution in [0.3, 0.4) is 0 Å². The Balaban J connectivity index is 1.35. The highest BCUT2D eigenvalue weighted by Crippen LogP contribution is 2.40. The highest BCUT2D eigenvalue weighted by molar-refractivity contribution is 5.81. The van der Waals surface area contributed by atoms with Crippen molar-refractivity contribution in [3.8, 4) is 0 Å². The van der Waals surface area contributed by atoms with Gasteiger partial charge in [0.05, 0.1) is 0 Å². The van der Waals surface area contributed by atoms with E-state index in [-0.39, 0.29) is 23.3 Å². The fourth-order valence-corrected chi connectivity index (χ4v) is 4.71. The first-order chi connectivity index (χ1) is 13.2. The Bertz CT molecular complexity index is 665. The number of pyridine rings is 1. The minimum atomic E-state index is -0.234. The molecule has 1 aromatic rings. The summed E-state index contributed by atoms with van der Waals surface area (Å²) in [6.45, 7) is 3.70. The molecule has 0 aromatic carbocycles. The van der Waals surface area contributed by atoms with Crippen molar-refractivity contribution in [1.82, 2.24) is 14.8 Å². The van der Waals surface area contributed by atoms with Gasteiger partial charge in [-0.25, -0.2) is 0 Å². The predicted molar refractivity (Wildman–Crippen MR) is 101 cm³/mol. The van der Waals surface area contributed by atoms with E-state index in [9.17, 15) is 9.59 Å². The van der Waals surface area contributed by atoms with Gasteiger partial charge in [0.25, 0.3) is 5.91 Å². The molecule has 0 bridgehead atoms. The maximum absolute atomic E-state index is 12.7. The Morgan fingerprint density at radius 3 is 2.81 bits per heavy atom. The maximum atomic E-state index is 12.7. The molecule has 3 aliphatic rings. The van der Waals surface area contributed by atoms with Crippen LogP contribution >= 0.6 is 0 Å². The molecular formula is C21H29N3O3. The van der Waals surface area contributed by atoms with Crippen LogP contribution in [0.4, 0.5) is 0 Å². The van der Waals surface area contributed by atoms with Crippen LogP contribution in [0.5, 0.6) is 0 Å². The van der Waals surface area contributed by atoms with Crippen molar-refractivity contribution >= 4 is 11.8 Å². The van der Waals surface area contributed by atoms with Crippen molar-refractivity contribution in [2.45, 2.75) is 57.6 Å². The molecule has 4 heterocycles. The minimum absolute atomic E-state index is 0.153. The summed E-state index contributed by atoms with van der Waals surface area (Å²) < 4.78 is 5.68. The van der Waals surface area contributed by atoms with E-state index in [4.69, 9.17) is 4.74 Å². The van der Waals surface area contributed by atoms with Crippen molar-refractivity contribution in [3.05, 3.63) is 30.1 Å². The molecule has 4 rings (SSSR count). The summed E-state index contributed by atoms with van der Waals surface area (Å²) in [7, 11) is 0. The first kappa shape index (κ1) is 18.4. The second kappa shape index (κ2) is 7.97. The number of nitrogens with zero attached hydrogens (tertiary/aromatic N) is 3. The summed E-state index contributed by atoms with van der Waals surface area (Å²) in [4.78, 5) is 33.3. The quantitative estimate of drug-likeness (QED) is 0.818. The molecule has 3 aliphatic heterocycles. The fourth-order valence-electron chi connectivity index (χ4n) is 4.71. The van der Waals surface area contributed by atoms with Gasteiger partial charge in [-0.05, 0) is 55.6 Å². The van der Waals surface area contributed by atoms with Gasteiger partial charge in [-0.1, -0.05) is 6.07 Å². The van der Waals surface area contributed by atoms with Gasteiger partial charge in [0.1, 0.15) is 6.10 Å². The maximum Gasteiger partial charge on any atom is 0.251 e. The molecule has 1 atom stereocenters. The van der Waals surface area contributed by atoms with Crippen molar-refractivity contribution < 1.29 is 14.3 Å². The molecule has 3 fully saturated rings. The average Bonchev–Trinajstić information content (AvgIpc) is 2.72. The Morgan fingerprint density at radius 1 is 1.26 bits per heavy atom. The zero-order valence-corrected chi connectivity index (χ0v) is 15.9. The van der Waals surface area contributed by atoms with Crippen LogP contribution in [0.15, 0.2) is 24.5 Å². The molecule has 0 unspecified atom stereocenters. The fraction of sp³-hybridized carbons (Fsp3) is 0.667. The lowest BCUT2D eigenvalue weighted by atomic mass is 9.72. The molecular weight excluding hydrogens is 342 g/mol. The number of carbonyl (C=O) groups is 2. The average molecular weight is 371 g/mol. The van der Waals surface area contributed by atoms with Crippen LogP contribution in [0.2, 0.25) is 0 Å². The van der Waals surface area contributed by atoms with E-state index < -0.39 is 0 Å². The third kappa shape index (κ3) is 4.15. The molecule has 2 amide bonds. The van der Waals surface area contributed by atoms with Crippen molar-refractivity contribution in [1.29, 1.82) is 0 Å². The Kier molecular flexibility index (Phi) is 5.43. The summed E-state index contributed by atoms with van der Waals surface area (Å²) in [5, 5.41) is 0. The molecule has 1 spiro atoms. The monoisotopic (exact) mass is 371 g/mol. The normalized spacial score (nSPS) is 25.6. The highest BCUT2D eigenvalue weighted by atomic mass is 16.5. The second-order valence-corrected chi connectivity index (χ2v) is 8.29. The van der Waals surface area contributed by atoms with E-state index in [0.29, 0.717) is 19.6 Å². The van der Waals surface area contributed by atoms with Crippen LogP contribution in [-0.2, 0) is 20.9 Å².